The van der Waals surface area contributed by atoms with E-state index >= 15 is 4.39 Å². The molecule has 2 aromatic carbocycles. The average Bonchev–Trinajstić information content (AvgIpc) is 3.35. The summed E-state index contributed by atoms with van der Waals surface area (Å²) >= 11 is 0. The summed E-state index contributed by atoms with van der Waals surface area (Å²) in [7, 11) is 3.13. The van der Waals surface area contributed by atoms with Gasteiger partial charge in [0.15, 0.2) is 23.3 Å². The van der Waals surface area contributed by atoms with Gasteiger partial charge in [0.2, 0.25) is 0 Å². The molecule has 0 saturated carbocycles. The van der Waals surface area contributed by atoms with Gasteiger partial charge in [0.05, 0.1) is 12.6 Å². The van der Waals surface area contributed by atoms with Crippen molar-refractivity contribution >= 4 is 11.8 Å². The van der Waals surface area contributed by atoms with Gasteiger partial charge in [-0.2, -0.15) is 5.10 Å². The predicted octanol–water partition coefficient (Wildman–Crippen LogP) is 3.74. The Bertz CT molecular complexity index is 1160. The van der Waals surface area contributed by atoms with Crippen molar-refractivity contribution < 1.29 is 22.7 Å². The predicted molar refractivity (Wildman–Crippen MR) is 122 cm³/mol. The summed E-state index contributed by atoms with van der Waals surface area (Å²) in [6.45, 7) is 2.11. The first-order valence-corrected chi connectivity index (χ1v) is 10.9. The number of aryl methyl sites for hydroxylation is 1. The van der Waals surface area contributed by atoms with Crippen LogP contribution in [0.4, 0.5) is 23.8 Å². The molecule has 0 unspecified atom stereocenters. The third kappa shape index (κ3) is 5.07. The number of nitrogens with one attached hydrogen (secondary N) is 2. The Hall–Kier alpha value is -3.37. The molecule has 0 spiro atoms. The maximum absolute atomic E-state index is 15.1. The molecule has 0 aliphatic carbocycles. The Morgan fingerprint density at radius 3 is 2.59 bits per heavy atom. The van der Waals surface area contributed by atoms with Crippen LogP contribution in [0.25, 0.3) is 11.3 Å². The molecule has 2 N–H and O–H groups in total. The van der Waals surface area contributed by atoms with E-state index < -0.39 is 29.5 Å². The van der Waals surface area contributed by atoms with Crippen molar-refractivity contribution in [3.63, 3.8) is 0 Å². The average molecular weight is 473 g/mol. The van der Waals surface area contributed by atoms with Crippen molar-refractivity contribution in [1.82, 2.24) is 20.0 Å². The van der Waals surface area contributed by atoms with E-state index in [0.29, 0.717) is 37.4 Å². The Morgan fingerprint density at radius 2 is 1.88 bits per heavy atom. The number of methoxy groups -OCH3 is 1. The van der Waals surface area contributed by atoms with Gasteiger partial charge >= 0.3 is 6.03 Å². The van der Waals surface area contributed by atoms with Gasteiger partial charge < -0.3 is 10.1 Å². The van der Waals surface area contributed by atoms with E-state index in [2.05, 4.69) is 20.6 Å². The van der Waals surface area contributed by atoms with Crippen LogP contribution in [0.3, 0.4) is 0 Å². The van der Waals surface area contributed by atoms with E-state index in [1.165, 1.54) is 17.8 Å². The largest absolute Gasteiger partial charge is 0.383 e. The SMILES string of the molecule is COCCN1C[C@@H](NC(=O)Nc2c(F)c(-c3ccccc3)nn2C)[C@H](c2ccc(F)c(F)c2)C1. The highest BCUT2D eigenvalue weighted by Crippen LogP contribution is 2.30. The number of anilines is 1. The van der Waals surface area contributed by atoms with Crippen molar-refractivity contribution in [2.45, 2.75) is 12.0 Å². The first-order chi connectivity index (χ1) is 16.4. The lowest BCUT2D eigenvalue weighted by atomic mass is 9.94. The zero-order valence-corrected chi connectivity index (χ0v) is 18.9. The Kier molecular flexibility index (Phi) is 7.18. The molecule has 0 bridgehead atoms. The Labute approximate surface area is 195 Å². The van der Waals surface area contributed by atoms with Crippen LogP contribution in [0.5, 0.6) is 0 Å². The highest BCUT2D eigenvalue weighted by molar-refractivity contribution is 5.89. The van der Waals surface area contributed by atoms with Crippen LogP contribution in [0.15, 0.2) is 48.5 Å². The van der Waals surface area contributed by atoms with Crippen LogP contribution in [0.1, 0.15) is 11.5 Å². The quantitative estimate of drug-likeness (QED) is 0.549. The van der Waals surface area contributed by atoms with E-state index in [4.69, 9.17) is 4.74 Å². The highest BCUT2D eigenvalue weighted by Gasteiger charge is 2.35. The van der Waals surface area contributed by atoms with Gasteiger partial charge in [0.25, 0.3) is 0 Å². The number of halogens is 3. The summed E-state index contributed by atoms with van der Waals surface area (Å²) in [5.74, 6) is -2.87. The molecular weight excluding hydrogens is 447 g/mol. The van der Waals surface area contributed by atoms with Gasteiger partial charge in [0.1, 0.15) is 5.69 Å². The first kappa shape index (κ1) is 23.8. The summed E-state index contributed by atoms with van der Waals surface area (Å²) in [6.07, 6.45) is 0. The second kappa shape index (κ2) is 10.3. The molecule has 4 rings (SSSR count). The number of amides is 2. The second-order valence-electron chi connectivity index (χ2n) is 8.24. The van der Waals surface area contributed by atoms with Crippen molar-refractivity contribution in [1.29, 1.82) is 0 Å². The number of hydrogen-bond acceptors (Lipinski definition) is 4. The standard InChI is InChI=1S/C24H26F3N5O2/c1-31-23(21(27)22(30-31)15-6-4-3-5-7-15)29-24(33)28-20-14-32(10-11-34-2)13-17(20)16-8-9-18(25)19(26)12-16/h3-9,12,17,20H,10-11,13-14H2,1-2H3,(H2,28,29,33)/t17-,20+/m0/s1. The van der Waals surface area contributed by atoms with Gasteiger partial charge in [0, 0.05) is 45.3 Å². The maximum Gasteiger partial charge on any atom is 0.320 e. The van der Waals surface area contributed by atoms with Crippen LogP contribution < -0.4 is 10.6 Å². The van der Waals surface area contributed by atoms with E-state index in [9.17, 15) is 13.6 Å². The summed E-state index contributed by atoms with van der Waals surface area (Å²) in [5.41, 5.74) is 1.29. The lowest BCUT2D eigenvalue weighted by Crippen LogP contribution is -2.42. The molecule has 1 fully saturated rings. The number of ether oxygens (including phenoxy) is 1. The first-order valence-electron chi connectivity index (χ1n) is 10.9. The minimum Gasteiger partial charge on any atom is -0.383 e. The molecule has 7 nitrogen and oxygen atoms in total. The van der Waals surface area contributed by atoms with Gasteiger partial charge in [-0.25, -0.2) is 22.6 Å². The molecule has 1 aromatic heterocycles. The van der Waals surface area contributed by atoms with E-state index in [-0.39, 0.29) is 17.4 Å². The monoisotopic (exact) mass is 473 g/mol. The summed E-state index contributed by atoms with van der Waals surface area (Å²) < 4.78 is 48.8. The van der Waals surface area contributed by atoms with Gasteiger partial charge in [-0.05, 0) is 17.7 Å². The van der Waals surface area contributed by atoms with Crippen LogP contribution in [0, 0.1) is 17.5 Å². The lowest BCUT2D eigenvalue weighted by Gasteiger charge is -2.20. The van der Waals surface area contributed by atoms with Crippen LogP contribution in [0.2, 0.25) is 0 Å². The molecule has 2 amide bonds. The number of benzene rings is 2. The molecular formula is C24H26F3N5O2. The minimum atomic E-state index is -0.943. The second-order valence-corrected chi connectivity index (χ2v) is 8.24. The van der Waals surface area contributed by atoms with Crippen molar-refractivity contribution in [2.24, 2.45) is 7.05 Å². The molecule has 0 radical (unpaired) electrons. The van der Waals surface area contributed by atoms with Gasteiger partial charge in [-0.1, -0.05) is 36.4 Å². The molecule has 10 heteroatoms. The number of rotatable bonds is 7. The summed E-state index contributed by atoms with van der Waals surface area (Å²) in [4.78, 5) is 14.9. The Morgan fingerprint density at radius 1 is 1.12 bits per heavy atom. The molecule has 2 heterocycles. The third-order valence-electron chi connectivity index (χ3n) is 5.96. The van der Waals surface area contributed by atoms with E-state index in [1.54, 1.807) is 31.4 Å². The topological polar surface area (TPSA) is 71.4 Å². The zero-order valence-electron chi connectivity index (χ0n) is 18.9. The molecule has 2 atom stereocenters. The maximum atomic E-state index is 15.1. The molecule has 34 heavy (non-hydrogen) atoms. The fourth-order valence-corrected chi connectivity index (χ4v) is 4.24. The number of carbonyl (C=O) groups excluding carboxylic acids is 1. The molecule has 1 aliphatic rings. The normalized spacial score (nSPS) is 18.3. The molecule has 3 aromatic rings. The Balaban J connectivity index is 1.51. The van der Waals surface area contributed by atoms with Crippen LogP contribution >= 0.6 is 0 Å². The van der Waals surface area contributed by atoms with Crippen LogP contribution in [-0.2, 0) is 11.8 Å². The van der Waals surface area contributed by atoms with Crippen molar-refractivity contribution in [3.05, 3.63) is 71.5 Å². The minimum absolute atomic E-state index is 0.0741. The third-order valence-corrected chi connectivity index (χ3v) is 5.96. The summed E-state index contributed by atoms with van der Waals surface area (Å²) in [6, 6.07) is 11.5. The number of urea groups is 1. The lowest BCUT2D eigenvalue weighted by molar-refractivity contribution is 0.159. The van der Waals surface area contributed by atoms with Crippen molar-refractivity contribution in [2.75, 3.05) is 38.7 Å². The number of likely N-dealkylation sites (tertiary alicyclic amines) is 1. The molecule has 180 valence electrons. The van der Waals surface area contributed by atoms with E-state index in [0.717, 1.165) is 12.1 Å². The summed E-state index contributed by atoms with van der Waals surface area (Å²) in [5, 5.41) is 9.60. The van der Waals surface area contributed by atoms with Crippen LogP contribution in [-0.4, -0.2) is 60.1 Å². The zero-order chi connectivity index (χ0) is 24.2. The highest BCUT2D eigenvalue weighted by atomic mass is 19.2. The number of nitrogens with zero attached hydrogens (tertiary/aromatic N) is 3. The number of carbonyl (C=O) groups is 1. The number of hydrogen-bond donors (Lipinski definition) is 2. The molecule has 1 saturated heterocycles. The fourth-order valence-electron chi connectivity index (χ4n) is 4.24. The van der Waals surface area contributed by atoms with Gasteiger partial charge in [-0.15, -0.1) is 0 Å². The fraction of sp³-hybridized carbons (Fsp3) is 0.333. The molecule has 1 aliphatic heterocycles. The van der Waals surface area contributed by atoms with E-state index in [1.807, 2.05) is 6.07 Å². The smallest absolute Gasteiger partial charge is 0.320 e. The number of aromatic nitrogens is 2. The van der Waals surface area contributed by atoms with Crippen molar-refractivity contribution in [3.8, 4) is 11.3 Å². The van der Waals surface area contributed by atoms with Gasteiger partial charge in [-0.3, -0.25) is 10.2 Å².